The molecule has 0 heterocycles. The van der Waals surface area contributed by atoms with Crippen LogP contribution in [0.15, 0.2) is 61.2 Å². The zero-order valence-corrected chi connectivity index (χ0v) is 9.10. The molecule has 2 aromatic carbocycles. The Kier molecular flexibility index (Phi) is 3.39. The van der Waals surface area contributed by atoms with Crippen LogP contribution in [-0.2, 0) is 6.61 Å². The molecule has 0 radical (unpaired) electrons. The largest absolute Gasteiger partial charge is 0.489 e. The van der Waals surface area contributed by atoms with Crippen molar-refractivity contribution in [3.63, 3.8) is 0 Å². The lowest BCUT2D eigenvalue weighted by Gasteiger charge is -2.06. The number of benzene rings is 2. The Hall–Kier alpha value is -2.02. The molecule has 0 amide bonds. The second-order valence-corrected chi connectivity index (χ2v) is 3.55. The first-order chi connectivity index (χ1) is 7.88. The molecule has 0 spiro atoms. The Morgan fingerprint density at radius 1 is 1.00 bits per heavy atom. The third kappa shape index (κ3) is 2.74. The Morgan fingerprint density at radius 2 is 1.81 bits per heavy atom. The fraction of sp³-hybridized carbons (Fsp3) is 0.0667. The van der Waals surface area contributed by atoms with Crippen LogP contribution >= 0.6 is 0 Å². The fourth-order valence-corrected chi connectivity index (χ4v) is 1.49. The monoisotopic (exact) mass is 210 g/mol. The Bertz CT molecular complexity index is 460. The van der Waals surface area contributed by atoms with Gasteiger partial charge >= 0.3 is 0 Å². The van der Waals surface area contributed by atoms with Crippen molar-refractivity contribution in [3.05, 3.63) is 72.3 Å². The van der Waals surface area contributed by atoms with E-state index in [1.807, 2.05) is 48.5 Å². The Balaban J connectivity index is 2.02. The van der Waals surface area contributed by atoms with Gasteiger partial charge in [0.1, 0.15) is 12.4 Å². The zero-order chi connectivity index (χ0) is 11.2. The van der Waals surface area contributed by atoms with Gasteiger partial charge in [-0.15, -0.1) is 0 Å². The quantitative estimate of drug-likeness (QED) is 0.743. The van der Waals surface area contributed by atoms with Crippen molar-refractivity contribution < 1.29 is 4.74 Å². The van der Waals surface area contributed by atoms with Crippen LogP contribution in [0.3, 0.4) is 0 Å². The summed E-state index contributed by atoms with van der Waals surface area (Å²) in [6.45, 7) is 4.34. The summed E-state index contributed by atoms with van der Waals surface area (Å²) in [5.41, 5.74) is 2.27. The van der Waals surface area contributed by atoms with E-state index in [1.165, 1.54) is 0 Å². The van der Waals surface area contributed by atoms with Crippen LogP contribution in [-0.4, -0.2) is 0 Å². The Morgan fingerprint density at radius 3 is 2.56 bits per heavy atom. The molecule has 0 N–H and O–H groups in total. The second kappa shape index (κ2) is 5.17. The van der Waals surface area contributed by atoms with Crippen LogP contribution in [0.2, 0.25) is 0 Å². The molecule has 0 saturated heterocycles. The van der Waals surface area contributed by atoms with E-state index in [-0.39, 0.29) is 0 Å². The van der Waals surface area contributed by atoms with Gasteiger partial charge in [-0.25, -0.2) is 0 Å². The van der Waals surface area contributed by atoms with Crippen molar-refractivity contribution >= 4 is 6.08 Å². The van der Waals surface area contributed by atoms with Gasteiger partial charge in [0.2, 0.25) is 0 Å². The molecule has 0 aromatic heterocycles. The highest BCUT2D eigenvalue weighted by Gasteiger charge is 1.95. The van der Waals surface area contributed by atoms with Crippen LogP contribution in [0.4, 0.5) is 0 Å². The first-order valence-corrected chi connectivity index (χ1v) is 5.28. The molecule has 0 aliphatic rings. The summed E-state index contributed by atoms with van der Waals surface area (Å²) in [6, 6.07) is 18.0. The van der Waals surface area contributed by atoms with E-state index in [0.717, 1.165) is 16.9 Å². The average molecular weight is 210 g/mol. The molecule has 1 heteroatoms. The van der Waals surface area contributed by atoms with Crippen LogP contribution in [0.25, 0.3) is 6.08 Å². The number of hydrogen-bond donors (Lipinski definition) is 0. The molecule has 16 heavy (non-hydrogen) atoms. The molecule has 0 unspecified atom stereocenters. The van der Waals surface area contributed by atoms with Crippen molar-refractivity contribution in [1.29, 1.82) is 0 Å². The highest BCUT2D eigenvalue weighted by atomic mass is 16.5. The smallest absolute Gasteiger partial charge is 0.119 e. The van der Waals surface area contributed by atoms with E-state index in [0.29, 0.717) is 6.61 Å². The van der Waals surface area contributed by atoms with Crippen LogP contribution < -0.4 is 4.74 Å². The maximum atomic E-state index is 5.66. The number of para-hydroxylation sites is 1. The van der Waals surface area contributed by atoms with Gasteiger partial charge < -0.3 is 4.74 Å². The molecular weight excluding hydrogens is 196 g/mol. The third-order valence-electron chi connectivity index (χ3n) is 2.34. The SMILES string of the molecule is C=Cc1cccc(COc2ccccc2)c1. The highest BCUT2D eigenvalue weighted by molar-refractivity contribution is 5.47. The van der Waals surface area contributed by atoms with Gasteiger partial charge in [0, 0.05) is 0 Å². The van der Waals surface area contributed by atoms with Crippen LogP contribution in [0.1, 0.15) is 11.1 Å². The third-order valence-corrected chi connectivity index (χ3v) is 2.34. The number of rotatable bonds is 4. The highest BCUT2D eigenvalue weighted by Crippen LogP contribution is 2.12. The molecular formula is C15H14O. The lowest BCUT2D eigenvalue weighted by Crippen LogP contribution is -1.95. The van der Waals surface area contributed by atoms with Gasteiger partial charge in [0.25, 0.3) is 0 Å². The maximum Gasteiger partial charge on any atom is 0.119 e. The zero-order valence-electron chi connectivity index (χ0n) is 9.10. The topological polar surface area (TPSA) is 9.23 Å². The standard InChI is InChI=1S/C15H14O/c1-2-13-7-6-8-14(11-13)12-16-15-9-4-3-5-10-15/h2-11H,1,12H2. The van der Waals surface area contributed by atoms with E-state index in [2.05, 4.69) is 18.7 Å². The van der Waals surface area contributed by atoms with Crippen molar-refractivity contribution in [2.45, 2.75) is 6.61 Å². The predicted molar refractivity (Wildman–Crippen MR) is 67.3 cm³/mol. The summed E-state index contributed by atoms with van der Waals surface area (Å²) < 4.78 is 5.66. The van der Waals surface area contributed by atoms with Gasteiger partial charge in [0.15, 0.2) is 0 Å². The Labute approximate surface area is 96.0 Å². The second-order valence-electron chi connectivity index (χ2n) is 3.55. The van der Waals surface area contributed by atoms with Gasteiger partial charge in [0.05, 0.1) is 0 Å². The molecule has 2 rings (SSSR count). The molecule has 2 aromatic rings. The molecule has 80 valence electrons. The minimum Gasteiger partial charge on any atom is -0.489 e. The summed E-state index contributed by atoms with van der Waals surface area (Å²) in [5.74, 6) is 0.895. The molecule has 0 aliphatic carbocycles. The molecule has 0 atom stereocenters. The lowest BCUT2D eigenvalue weighted by molar-refractivity contribution is 0.306. The average Bonchev–Trinajstić information content (AvgIpc) is 2.38. The normalized spacial score (nSPS) is 9.75. The van der Waals surface area contributed by atoms with Crippen molar-refractivity contribution in [3.8, 4) is 5.75 Å². The summed E-state index contributed by atoms with van der Waals surface area (Å²) in [4.78, 5) is 0. The predicted octanol–water partition coefficient (Wildman–Crippen LogP) is 3.91. The van der Waals surface area contributed by atoms with Gasteiger partial charge in [-0.05, 0) is 29.3 Å². The van der Waals surface area contributed by atoms with Crippen LogP contribution in [0.5, 0.6) is 5.75 Å². The minimum atomic E-state index is 0.589. The molecule has 1 nitrogen and oxygen atoms in total. The van der Waals surface area contributed by atoms with Gasteiger partial charge in [-0.2, -0.15) is 0 Å². The number of ether oxygens (including phenoxy) is 1. The molecule has 0 saturated carbocycles. The fourth-order valence-electron chi connectivity index (χ4n) is 1.49. The number of hydrogen-bond acceptors (Lipinski definition) is 1. The summed E-state index contributed by atoms with van der Waals surface area (Å²) in [5, 5.41) is 0. The first-order valence-electron chi connectivity index (χ1n) is 5.28. The molecule has 0 bridgehead atoms. The first kappa shape index (κ1) is 10.5. The van der Waals surface area contributed by atoms with E-state index in [9.17, 15) is 0 Å². The van der Waals surface area contributed by atoms with Crippen molar-refractivity contribution in [1.82, 2.24) is 0 Å². The van der Waals surface area contributed by atoms with Crippen molar-refractivity contribution in [2.75, 3.05) is 0 Å². The molecule has 0 aliphatic heterocycles. The van der Waals surface area contributed by atoms with Gasteiger partial charge in [-0.1, -0.05) is 49.1 Å². The lowest BCUT2D eigenvalue weighted by atomic mass is 10.1. The van der Waals surface area contributed by atoms with Gasteiger partial charge in [-0.3, -0.25) is 0 Å². The molecule has 0 fully saturated rings. The summed E-state index contributed by atoms with van der Waals surface area (Å²) in [7, 11) is 0. The summed E-state index contributed by atoms with van der Waals surface area (Å²) >= 11 is 0. The van der Waals surface area contributed by atoms with E-state index in [1.54, 1.807) is 0 Å². The summed E-state index contributed by atoms with van der Waals surface area (Å²) in [6.07, 6.45) is 1.84. The van der Waals surface area contributed by atoms with E-state index < -0.39 is 0 Å². The van der Waals surface area contributed by atoms with E-state index in [4.69, 9.17) is 4.74 Å². The van der Waals surface area contributed by atoms with E-state index >= 15 is 0 Å². The van der Waals surface area contributed by atoms with Crippen LogP contribution in [0, 0.1) is 0 Å². The van der Waals surface area contributed by atoms with Crippen molar-refractivity contribution in [2.24, 2.45) is 0 Å². The maximum absolute atomic E-state index is 5.66. The minimum absolute atomic E-state index is 0.589.